The number of fused-ring (bicyclic) bond motifs is 2. The molecule has 1 amide bonds. The van der Waals surface area contributed by atoms with Crippen LogP contribution in [0.15, 0.2) is 126 Å². The maximum absolute atomic E-state index is 14.3. The average Bonchev–Trinajstić information content (AvgIpc) is 3.60. The van der Waals surface area contributed by atoms with E-state index in [4.69, 9.17) is 4.42 Å². The molecule has 200 valence electrons. The summed E-state index contributed by atoms with van der Waals surface area (Å²) in [5, 5.41) is 9.15. The van der Waals surface area contributed by atoms with Crippen molar-refractivity contribution in [3.05, 3.63) is 144 Å². The molecule has 4 aromatic carbocycles. The first-order valence-electron chi connectivity index (χ1n) is 13.7. The molecule has 5 heteroatoms. The van der Waals surface area contributed by atoms with E-state index < -0.39 is 5.54 Å². The minimum absolute atomic E-state index is 0.0568. The Balaban J connectivity index is 1.30. The number of hydrogen-bond donors (Lipinski definition) is 3. The van der Waals surface area contributed by atoms with E-state index in [0.717, 1.165) is 38.8 Å². The van der Waals surface area contributed by atoms with Crippen LogP contribution in [0.1, 0.15) is 35.4 Å². The summed E-state index contributed by atoms with van der Waals surface area (Å²) < 4.78 is 6.08. The number of aromatic amines is 1. The quantitative estimate of drug-likeness (QED) is 0.178. The lowest BCUT2D eigenvalue weighted by Gasteiger charge is -2.32. The van der Waals surface area contributed by atoms with Crippen molar-refractivity contribution in [1.82, 2.24) is 15.6 Å². The first-order valence-corrected chi connectivity index (χ1v) is 13.7. The molecule has 0 saturated heterocycles. The standard InChI is InChI=1S/C35H33N3O2/c1-35(22-28-23-36-31-18-10-9-17-30(28)31,37-24-29-21-27-16-8-11-19-33(27)40-29)34(39)38-32(26-14-6-3-7-15-26)20-25-12-4-2-5-13-25/h2-19,21,23,32,36-37H,20,22,24H2,1H3,(H,38,39). The lowest BCUT2D eigenvalue weighted by Crippen LogP contribution is -2.56. The number of hydrogen-bond acceptors (Lipinski definition) is 3. The number of nitrogens with one attached hydrogen (secondary N) is 3. The number of H-pyrrole nitrogens is 1. The number of carbonyl (C=O) groups is 1. The molecule has 0 fully saturated rings. The van der Waals surface area contributed by atoms with Gasteiger partial charge in [-0.05, 0) is 48.2 Å². The fourth-order valence-electron chi connectivity index (χ4n) is 5.39. The zero-order chi connectivity index (χ0) is 27.4. The predicted molar refractivity (Wildman–Crippen MR) is 161 cm³/mol. The largest absolute Gasteiger partial charge is 0.460 e. The Morgan fingerprint density at radius 3 is 2.38 bits per heavy atom. The normalized spacial score (nSPS) is 13.7. The summed E-state index contributed by atoms with van der Waals surface area (Å²) in [4.78, 5) is 17.6. The summed E-state index contributed by atoms with van der Waals surface area (Å²) in [7, 11) is 0. The van der Waals surface area contributed by atoms with Crippen LogP contribution >= 0.6 is 0 Å². The molecule has 0 aliphatic rings. The summed E-state index contributed by atoms with van der Waals surface area (Å²) in [6, 6.07) is 38.5. The van der Waals surface area contributed by atoms with Gasteiger partial charge in [-0.3, -0.25) is 10.1 Å². The summed E-state index contributed by atoms with van der Waals surface area (Å²) in [6.07, 6.45) is 3.22. The van der Waals surface area contributed by atoms with E-state index in [0.29, 0.717) is 19.4 Å². The highest BCUT2D eigenvalue weighted by molar-refractivity contribution is 5.89. The Morgan fingerprint density at radius 1 is 0.875 bits per heavy atom. The van der Waals surface area contributed by atoms with Crippen molar-refractivity contribution in [1.29, 1.82) is 0 Å². The van der Waals surface area contributed by atoms with E-state index >= 15 is 0 Å². The van der Waals surface area contributed by atoms with Crippen LogP contribution in [0.4, 0.5) is 0 Å². The first kappa shape index (κ1) is 25.7. The van der Waals surface area contributed by atoms with Gasteiger partial charge in [0.1, 0.15) is 11.3 Å². The van der Waals surface area contributed by atoms with Crippen molar-refractivity contribution in [2.24, 2.45) is 0 Å². The average molecular weight is 528 g/mol. The zero-order valence-electron chi connectivity index (χ0n) is 22.6. The molecule has 5 nitrogen and oxygen atoms in total. The molecule has 2 atom stereocenters. The maximum Gasteiger partial charge on any atom is 0.240 e. The van der Waals surface area contributed by atoms with Crippen molar-refractivity contribution >= 4 is 27.8 Å². The second-order valence-corrected chi connectivity index (χ2v) is 10.6. The van der Waals surface area contributed by atoms with Crippen molar-refractivity contribution in [3.63, 3.8) is 0 Å². The Hall–Kier alpha value is -4.61. The van der Waals surface area contributed by atoms with Crippen LogP contribution in [0.2, 0.25) is 0 Å². The molecule has 2 unspecified atom stereocenters. The van der Waals surface area contributed by atoms with Gasteiger partial charge in [0, 0.05) is 28.9 Å². The smallest absolute Gasteiger partial charge is 0.240 e. The Bertz CT molecular complexity index is 1690. The third-order valence-electron chi connectivity index (χ3n) is 7.64. The van der Waals surface area contributed by atoms with Gasteiger partial charge in [-0.2, -0.15) is 0 Å². The van der Waals surface area contributed by atoms with Crippen LogP contribution in [0.5, 0.6) is 0 Å². The fraction of sp³-hybridized carbons (Fsp3) is 0.171. The van der Waals surface area contributed by atoms with Gasteiger partial charge in [0.05, 0.1) is 18.1 Å². The zero-order valence-corrected chi connectivity index (χ0v) is 22.6. The van der Waals surface area contributed by atoms with Crippen LogP contribution in [-0.2, 0) is 24.2 Å². The van der Waals surface area contributed by atoms with Gasteiger partial charge in [-0.1, -0.05) is 97.1 Å². The molecule has 0 radical (unpaired) electrons. The van der Waals surface area contributed by atoms with Crippen LogP contribution in [0.25, 0.3) is 21.9 Å². The van der Waals surface area contributed by atoms with Gasteiger partial charge in [-0.15, -0.1) is 0 Å². The highest BCUT2D eigenvalue weighted by Gasteiger charge is 2.35. The second kappa shape index (κ2) is 11.2. The minimum Gasteiger partial charge on any atom is -0.460 e. The molecular weight excluding hydrogens is 494 g/mol. The van der Waals surface area contributed by atoms with E-state index in [1.54, 1.807) is 0 Å². The first-order chi connectivity index (χ1) is 19.6. The molecule has 0 saturated carbocycles. The fourth-order valence-corrected chi connectivity index (χ4v) is 5.39. The van der Waals surface area contributed by atoms with E-state index in [1.165, 1.54) is 5.56 Å². The number of rotatable bonds is 10. The number of amides is 1. The van der Waals surface area contributed by atoms with E-state index in [1.807, 2.05) is 92.0 Å². The number of carbonyl (C=O) groups excluding carboxylic acids is 1. The molecule has 6 aromatic rings. The lowest BCUT2D eigenvalue weighted by molar-refractivity contribution is -0.128. The SMILES string of the molecule is CC(Cc1c[nH]c2ccccc12)(NCc1cc2ccccc2o1)C(=O)NC(Cc1ccccc1)c1ccccc1. The van der Waals surface area contributed by atoms with Gasteiger partial charge >= 0.3 is 0 Å². The van der Waals surface area contributed by atoms with Crippen molar-refractivity contribution in [2.45, 2.75) is 37.9 Å². The Labute approximate surface area is 234 Å². The molecule has 2 heterocycles. The monoisotopic (exact) mass is 527 g/mol. The minimum atomic E-state index is -0.909. The van der Waals surface area contributed by atoms with Gasteiger partial charge in [0.15, 0.2) is 0 Å². The van der Waals surface area contributed by atoms with E-state index in [9.17, 15) is 4.79 Å². The second-order valence-electron chi connectivity index (χ2n) is 10.6. The van der Waals surface area contributed by atoms with Crippen molar-refractivity contribution in [3.8, 4) is 0 Å². The molecule has 6 rings (SSSR count). The Kier molecular flexibility index (Phi) is 7.21. The third-order valence-corrected chi connectivity index (χ3v) is 7.64. The lowest BCUT2D eigenvalue weighted by atomic mass is 9.90. The molecule has 2 aromatic heterocycles. The Morgan fingerprint density at radius 2 is 1.57 bits per heavy atom. The van der Waals surface area contributed by atoms with E-state index in [2.05, 4.69) is 52.0 Å². The summed E-state index contributed by atoms with van der Waals surface area (Å²) >= 11 is 0. The highest BCUT2D eigenvalue weighted by atomic mass is 16.3. The van der Waals surface area contributed by atoms with Gasteiger partial charge in [-0.25, -0.2) is 0 Å². The van der Waals surface area contributed by atoms with Gasteiger partial charge in [0.25, 0.3) is 0 Å². The summed E-state index contributed by atoms with van der Waals surface area (Å²) in [5.74, 6) is 0.738. The van der Waals surface area contributed by atoms with Crippen LogP contribution < -0.4 is 10.6 Å². The van der Waals surface area contributed by atoms with Crippen molar-refractivity contribution in [2.75, 3.05) is 0 Å². The van der Waals surface area contributed by atoms with Crippen LogP contribution in [-0.4, -0.2) is 16.4 Å². The number of aromatic nitrogens is 1. The molecule has 40 heavy (non-hydrogen) atoms. The number of furan rings is 1. The molecule has 3 N–H and O–H groups in total. The molecule has 0 aliphatic carbocycles. The number of benzene rings is 4. The topological polar surface area (TPSA) is 70.1 Å². The van der Waals surface area contributed by atoms with E-state index in [-0.39, 0.29) is 11.9 Å². The van der Waals surface area contributed by atoms with Crippen LogP contribution in [0.3, 0.4) is 0 Å². The molecular formula is C35H33N3O2. The van der Waals surface area contributed by atoms with Crippen molar-refractivity contribution < 1.29 is 9.21 Å². The molecule has 0 spiro atoms. The third kappa shape index (κ3) is 5.56. The van der Waals surface area contributed by atoms with Gasteiger partial charge in [0.2, 0.25) is 5.91 Å². The summed E-state index contributed by atoms with van der Waals surface area (Å²) in [5.41, 5.74) is 4.33. The maximum atomic E-state index is 14.3. The molecule has 0 bridgehead atoms. The molecule has 0 aliphatic heterocycles. The predicted octanol–water partition coefficient (Wildman–Crippen LogP) is 7.11. The number of para-hydroxylation sites is 2. The highest BCUT2D eigenvalue weighted by Crippen LogP contribution is 2.26. The van der Waals surface area contributed by atoms with Crippen LogP contribution in [0, 0.1) is 0 Å². The van der Waals surface area contributed by atoms with Gasteiger partial charge < -0.3 is 14.7 Å². The summed E-state index contributed by atoms with van der Waals surface area (Å²) in [6.45, 7) is 2.41.